The second-order valence-corrected chi connectivity index (χ2v) is 8.43. The molecule has 2 aromatic heterocycles. The lowest BCUT2D eigenvalue weighted by Crippen LogP contribution is -2.39. The quantitative estimate of drug-likeness (QED) is 0.632. The first-order chi connectivity index (χ1) is 16.1. The molecule has 2 saturated heterocycles. The van der Waals surface area contributed by atoms with Crippen LogP contribution in [-0.2, 0) is 16.1 Å². The van der Waals surface area contributed by atoms with Gasteiger partial charge in [-0.2, -0.15) is 9.97 Å². The lowest BCUT2D eigenvalue weighted by atomic mass is 10.1. The molecule has 0 atom stereocenters. The van der Waals surface area contributed by atoms with Crippen LogP contribution in [0.5, 0.6) is 0 Å². The number of hydrogen-bond acceptors (Lipinski definition) is 8. The summed E-state index contributed by atoms with van der Waals surface area (Å²) in [7, 11) is 2.03. The zero-order valence-corrected chi connectivity index (χ0v) is 18.7. The van der Waals surface area contributed by atoms with Crippen molar-refractivity contribution < 1.29 is 19.0 Å². The third kappa shape index (κ3) is 4.48. The van der Waals surface area contributed by atoms with Gasteiger partial charge in [-0.3, -0.25) is 0 Å². The molecule has 9 heteroatoms. The molecule has 0 aliphatic carbocycles. The fourth-order valence-corrected chi connectivity index (χ4v) is 4.41. The van der Waals surface area contributed by atoms with Gasteiger partial charge in [-0.25, -0.2) is 9.37 Å². The van der Waals surface area contributed by atoms with Crippen LogP contribution in [0.4, 0.5) is 16.2 Å². The number of fused-ring (bicyclic) bond motifs is 1. The number of nitrogens with zero attached hydrogens (tertiary/aromatic N) is 5. The molecule has 33 heavy (non-hydrogen) atoms. The van der Waals surface area contributed by atoms with Gasteiger partial charge in [-0.1, -0.05) is 0 Å². The first-order valence-electron chi connectivity index (χ1n) is 11.4. The van der Waals surface area contributed by atoms with Gasteiger partial charge >= 0.3 is 0 Å². The number of rotatable bonds is 5. The Morgan fingerprint density at radius 2 is 1.79 bits per heavy atom. The highest BCUT2D eigenvalue weighted by molar-refractivity contribution is 5.90. The van der Waals surface area contributed by atoms with Crippen molar-refractivity contribution in [3.63, 3.8) is 0 Å². The average molecular weight is 454 g/mol. The molecule has 3 aromatic rings. The Hall–Kier alpha value is -2.88. The minimum Gasteiger partial charge on any atom is -0.392 e. The molecule has 0 bridgehead atoms. The molecule has 174 valence electrons. The summed E-state index contributed by atoms with van der Waals surface area (Å²) in [6.07, 6.45) is 1.86. The maximum absolute atomic E-state index is 13.9. The van der Waals surface area contributed by atoms with E-state index in [0.29, 0.717) is 36.5 Å². The van der Waals surface area contributed by atoms with Crippen LogP contribution >= 0.6 is 0 Å². The van der Waals surface area contributed by atoms with Gasteiger partial charge in [0.25, 0.3) is 0 Å². The van der Waals surface area contributed by atoms with Crippen LogP contribution in [0.3, 0.4) is 0 Å². The van der Waals surface area contributed by atoms with E-state index in [1.54, 1.807) is 12.1 Å². The van der Waals surface area contributed by atoms with E-state index in [4.69, 9.17) is 24.4 Å². The Labute approximate surface area is 192 Å². The molecule has 4 heterocycles. The normalized spacial score (nSPS) is 17.5. The molecule has 8 nitrogen and oxygen atoms in total. The van der Waals surface area contributed by atoms with E-state index < -0.39 is 5.82 Å². The zero-order valence-electron chi connectivity index (χ0n) is 18.7. The first kappa shape index (κ1) is 21.9. The topological polar surface area (TPSA) is 83.8 Å². The van der Waals surface area contributed by atoms with Crippen LogP contribution in [0.15, 0.2) is 30.3 Å². The van der Waals surface area contributed by atoms with Crippen LogP contribution in [0, 0.1) is 5.82 Å². The summed E-state index contributed by atoms with van der Waals surface area (Å²) < 4.78 is 24.9. The third-order valence-corrected chi connectivity index (χ3v) is 6.40. The van der Waals surface area contributed by atoms with Gasteiger partial charge in [0.2, 0.25) is 5.95 Å². The number of aliphatic hydroxyl groups is 1. The van der Waals surface area contributed by atoms with Crippen molar-refractivity contribution in [3.05, 3.63) is 41.7 Å². The molecule has 0 saturated carbocycles. The Bertz CT molecular complexity index is 1130. The lowest BCUT2D eigenvalue weighted by molar-refractivity contribution is 0.0852. The smallest absolute Gasteiger partial charge is 0.229 e. The minimum absolute atomic E-state index is 0.242. The second kappa shape index (κ2) is 9.54. The number of aromatic nitrogens is 3. The molecule has 2 fully saturated rings. The molecule has 0 radical (unpaired) electrons. The molecule has 2 aliphatic heterocycles. The van der Waals surface area contributed by atoms with Crippen molar-refractivity contribution in [2.24, 2.45) is 0 Å². The Kier molecular flexibility index (Phi) is 6.34. The largest absolute Gasteiger partial charge is 0.392 e. The zero-order chi connectivity index (χ0) is 22.8. The Balaban J connectivity index is 1.60. The monoisotopic (exact) mass is 453 g/mol. The van der Waals surface area contributed by atoms with Crippen LogP contribution in [0.1, 0.15) is 18.4 Å². The molecule has 5 rings (SSSR count). The number of benzene rings is 1. The maximum atomic E-state index is 13.9. The average Bonchev–Trinajstić information content (AvgIpc) is 2.88. The third-order valence-electron chi connectivity index (χ3n) is 6.40. The predicted molar refractivity (Wildman–Crippen MR) is 124 cm³/mol. The van der Waals surface area contributed by atoms with Crippen molar-refractivity contribution in [1.29, 1.82) is 0 Å². The van der Waals surface area contributed by atoms with Gasteiger partial charge in [0.1, 0.15) is 11.6 Å². The number of ether oxygens (including phenoxy) is 2. The number of aliphatic hydroxyl groups excluding tert-OH is 1. The van der Waals surface area contributed by atoms with Crippen molar-refractivity contribution >= 4 is 22.8 Å². The van der Waals surface area contributed by atoms with Crippen molar-refractivity contribution in [2.75, 3.05) is 56.4 Å². The highest BCUT2D eigenvalue weighted by Gasteiger charge is 2.24. The van der Waals surface area contributed by atoms with Crippen molar-refractivity contribution in [2.45, 2.75) is 25.5 Å². The summed E-state index contributed by atoms with van der Waals surface area (Å²) in [6, 6.07) is 8.83. The van der Waals surface area contributed by atoms with Crippen LogP contribution < -0.4 is 9.80 Å². The fourth-order valence-electron chi connectivity index (χ4n) is 4.41. The first-order valence-corrected chi connectivity index (χ1v) is 11.4. The van der Waals surface area contributed by atoms with E-state index in [1.807, 2.05) is 19.2 Å². The summed E-state index contributed by atoms with van der Waals surface area (Å²) in [5.74, 6) is 1.06. The SMILES string of the molecule is CN(c1nc(N2CCOCC2)c2ccc(-c3ccc(F)c(CO)c3)nc2n1)C1CCOCC1. The molecule has 0 amide bonds. The van der Waals surface area contributed by atoms with Crippen LogP contribution in [-0.4, -0.2) is 72.7 Å². The van der Waals surface area contributed by atoms with Crippen molar-refractivity contribution in [1.82, 2.24) is 15.0 Å². The van der Waals surface area contributed by atoms with E-state index in [0.717, 1.165) is 55.9 Å². The molecular weight excluding hydrogens is 425 g/mol. The molecule has 1 aromatic carbocycles. The number of hydrogen-bond donors (Lipinski definition) is 1. The van der Waals surface area contributed by atoms with Crippen molar-refractivity contribution in [3.8, 4) is 11.3 Å². The van der Waals surface area contributed by atoms with Crippen LogP contribution in [0.25, 0.3) is 22.3 Å². The number of morpholine rings is 1. The molecule has 0 unspecified atom stereocenters. The van der Waals surface area contributed by atoms with Gasteiger partial charge in [0.05, 0.1) is 30.9 Å². The van der Waals surface area contributed by atoms with Gasteiger partial charge in [0.15, 0.2) is 5.65 Å². The van der Waals surface area contributed by atoms with E-state index in [2.05, 4.69) is 9.80 Å². The van der Waals surface area contributed by atoms with E-state index in [1.165, 1.54) is 6.07 Å². The molecule has 2 aliphatic rings. The summed E-state index contributed by atoms with van der Waals surface area (Å²) in [6.45, 7) is 3.93. The molecule has 0 spiro atoms. The summed E-state index contributed by atoms with van der Waals surface area (Å²) >= 11 is 0. The van der Waals surface area contributed by atoms with Crippen LogP contribution in [0.2, 0.25) is 0 Å². The Morgan fingerprint density at radius 3 is 2.55 bits per heavy atom. The summed E-state index contributed by atoms with van der Waals surface area (Å²) in [5.41, 5.74) is 2.23. The maximum Gasteiger partial charge on any atom is 0.229 e. The van der Waals surface area contributed by atoms with Gasteiger partial charge in [-0.05, 0) is 43.2 Å². The molecule has 1 N–H and O–H groups in total. The van der Waals surface area contributed by atoms with E-state index in [-0.39, 0.29) is 12.2 Å². The number of pyridine rings is 1. The van der Waals surface area contributed by atoms with E-state index >= 15 is 0 Å². The second-order valence-electron chi connectivity index (χ2n) is 8.43. The summed E-state index contributed by atoms with van der Waals surface area (Å²) in [5, 5.41) is 10.3. The van der Waals surface area contributed by atoms with Gasteiger partial charge in [-0.15, -0.1) is 0 Å². The van der Waals surface area contributed by atoms with Gasteiger partial charge in [0, 0.05) is 50.5 Å². The number of anilines is 2. The number of halogens is 1. The van der Waals surface area contributed by atoms with Gasteiger partial charge < -0.3 is 24.4 Å². The fraction of sp³-hybridized carbons (Fsp3) is 0.458. The minimum atomic E-state index is -0.431. The highest BCUT2D eigenvalue weighted by atomic mass is 19.1. The lowest BCUT2D eigenvalue weighted by Gasteiger charge is -2.33. The standard InChI is InChI=1S/C24H28FN5O3/c1-29(18-6-10-32-11-7-18)24-27-22-19(23(28-24)30-8-12-33-13-9-30)3-5-21(26-22)16-2-4-20(25)17(14-16)15-31/h2-5,14,18,31H,6-13,15H2,1H3. The summed E-state index contributed by atoms with van der Waals surface area (Å²) in [4.78, 5) is 19.0. The Morgan fingerprint density at radius 1 is 1.03 bits per heavy atom. The highest BCUT2D eigenvalue weighted by Crippen LogP contribution is 2.30. The van der Waals surface area contributed by atoms with E-state index in [9.17, 15) is 9.50 Å². The predicted octanol–water partition coefficient (Wildman–Crippen LogP) is 2.78. The molecular formula is C24H28FN5O3.